The van der Waals surface area contributed by atoms with Gasteiger partial charge in [-0.25, -0.2) is 0 Å². The first-order valence-corrected chi connectivity index (χ1v) is 8.63. The van der Waals surface area contributed by atoms with Crippen LogP contribution in [-0.4, -0.2) is 68.3 Å². The van der Waals surface area contributed by atoms with Crippen LogP contribution < -0.4 is 9.64 Å². The van der Waals surface area contributed by atoms with E-state index in [0.29, 0.717) is 6.04 Å². The Balaban J connectivity index is 1.46. The van der Waals surface area contributed by atoms with Crippen LogP contribution in [0.3, 0.4) is 0 Å². The highest BCUT2D eigenvalue weighted by Gasteiger charge is 2.35. The number of aryl methyl sites for hydroxylation is 1. The van der Waals surface area contributed by atoms with E-state index in [-0.39, 0.29) is 0 Å². The molecule has 0 bridgehead atoms. The zero-order chi connectivity index (χ0) is 15.1. The van der Waals surface area contributed by atoms with Gasteiger partial charge in [0.1, 0.15) is 12.4 Å². The summed E-state index contributed by atoms with van der Waals surface area (Å²) in [6.07, 6.45) is 2.64. The minimum absolute atomic E-state index is 0.517. The van der Waals surface area contributed by atoms with Gasteiger partial charge in [0, 0.05) is 25.7 Å². The number of fused-ring (bicyclic) bond motifs is 3. The fourth-order valence-electron chi connectivity index (χ4n) is 4.19. The molecule has 0 unspecified atom stereocenters. The van der Waals surface area contributed by atoms with E-state index in [1.54, 1.807) is 0 Å². The average molecular weight is 301 g/mol. The third kappa shape index (κ3) is 2.59. The maximum Gasteiger partial charge on any atom is 0.142 e. The monoisotopic (exact) mass is 301 g/mol. The van der Waals surface area contributed by atoms with Crippen molar-refractivity contribution < 1.29 is 4.74 Å². The molecule has 0 radical (unpaired) electrons. The first-order chi connectivity index (χ1) is 10.7. The standard InChI is InChI=1S/C18H27N3O/c1-14-3-4-17-18(11-14)22-13-16-12-20(9-10-21(16)17)15-5-7-19(2)8-6-15/h3-4,11,15-16H,5-10,12-13H2,1-2H3/t16-/m1/s1. The Labute approximate surface area is 133 Å². The SMILES string of the molecule is Cc1ccc2c(c1)OC[C@H]1CN(C3CCN(C)CC3)CCN21. The summed E-state index contributed by atoms with van der Waals surface area (Å²) in [4.78, 5) is 7.75. The first kappa shape index (κ1) is 14.3. The van der Waals surface area contributed by atoms with E-state index in [1.165, 1.54) is 43.7 Å². The fourth-order valence-corrected chi connectivity index (χ4v) is 4.19. The number of piperazine rings is 1. The molecule has 2 saturated heterocycles. The highest BCUT2D eigenvalue weighted by atomic mass is 16.5. The van der Waals surface area contributed by atoms with E-state index in [9.17, 15) is 0 Å². The highest BCUT2D eigenvalue weighted by molar-refractivity contribution is 5.62. The minimum atomic E-state index is 0.517. The molecule has 1 aromatic rings. The van der Waals surface area contributed by atoms with Crippen molar-refractivity contribution >= 4 is 5.69 Å². The molecule has 0 aliphatic carbocycles. The molecule has 22 heavy (non-hydrogen) atoms. The van der Waals surface area contributed by atoms with Crippen molar-refractivity contribution in [2.45, 2.75) is 31.8 Å². The zero-order valence-electron chi connectivity index (χ0n) is 13.8. The van der Waals surface area contributed by atoms with E-state index < -0.39 is 0 Å². The maximum absolute atomic E-state index is 6.05. The van der Waals surface area contributed by atoms with Gasteiger partial charge in [0.15, 0.2) is 0 Å². The summed E-state index contributed by atoms with van der Waals surface area (Å²) in [6, 6.07) is 7.91. The topological polar surface area (TPSA) is 19.0 Å². The van der Waals surface area contributed by atoms with E-state index in [0.717, 1.165) is 31.5 Å². The lowest BCUT2D eigenvalue weighted by atomic mass is 10.00. The van der Waals surface area contributed by atoms with Crippen LogP contribution in [0.5, 0.6) is 5.75 Å². The second kappa shape index (κ2) is 5.74. The van der Waals surface area contributed by atoms with Crippen LogP contribution in [0.15, 0.2) is 18.2 Å². The summed E-state index contributed by atoms with van der Waals surface area (Å²) < 4.78 is 6.05. The number of nitrogens with zero attached hydrogens (tertiary/aromatic N) is 3. The van der Waals surface area contributed by atoms with Crippen LogP contribution in [0, 0.1) is 6.92 Å². The van der Waals surface area contributed by atoms with Crippen LogP contribution in [0.2, 0.25) is 0 Å². The van der Waals surface area contributed by atoms with E-state index >= 15 is 0 Å². The summed E-state index contributed by atoms with van der Waals surface area (Å²) >= 11 is 0. The molecule has 0 amide bonds. The second-order valence-electron chi connectivity index (χ2n) is 7.16. The molecule has 0 aromatic heterocycles. The molecule has 2 fully saturated rings. The maximum atomic E-state index is 6.05. The lowest BCUT2D eigenvalue weighted by molar-refractivity contribution is 0.0868. The molecule has 4 heteroatoms. The third-order valence-electron chi connectivity index (χ3n) is 5.57. The summed E-state index contributed by atoms with van der Waals surface area (Å²) in [5.74, 6) is 1.07. The van der Waals surface area contributed by atoms with Crippen LogP contribution in [0.25, 0.3) is 0 Å². The number of likely N-dealkylation sites (tertiary alicyclic amines) is 1. The Morgan fingerprint density at radius 2 is 1.86 bits per heavy atom. The van der Waals surface area contributed by atoms with Gasteiger partial charge in [-0.1, -0.05) is 6.07 Å². The van der Waals surface area contributed by atoms with Crippen molar-refractivity contribution in [1.82, 2.24) is 9.80 Å². The summed E-state index contributed by atoms with van der Waals surface area (Å²) in [5, 5.41) is 0. The lowest BCUT2D eigenvalue weighted by Gasteiger charge is -2.48. The second-order valence-corrected chi connectivity index (χ2v) is 7.16. The Bertz CT molecular complexity index is 539. The van der Waals surface area contributed by atoms with Crippen LogP contribution >= 0.6 is 0 Å². The molecule has 0 spiro atoms. The zero-order valence-corrected chi connectivity index (χ0v) is 13.8. The Kier molecular flexibility index (Phi) is 3.74. The van der Waals surface area contributed by atoms with Gasteiger partial charge in [-0.2, -0.15) is 0 Å². The number of hydrogen-bond acceptors (Lipinski definition) is 4. The van der Waals surface area contributed by atoms with Gasteiger partial charge in [0.2, 0.25) is 0 Å². The van der Waals surface area contributed by atoms with Crippen molar-refractivity contribution in [3.8, 4) is 5.75 Å². The quantitative estimate of drug-likeness (QED) is 0.789. The molecular weight excluding hydrogens is 274 g/mol. The predicted molar refractivity (Wildman–Crippen MR) is 89.9 cm³/mol. The van der Waals surface area contributed by atoms with Gasteiger partial charge < -0.3 is 14.5 Å². The number of rotatable bonds is 1. The van der Waals surface area contributed by atoms with Gasteiger partial charge >= 0.3 is 0 Å². The van der Waals surface area contributed by atoms with Crippen molar-refractivity contribution in [3.05, 3.63) is 23.8 Å². The molecule has 1 atom stereocenters. The molecular formula is C18H27N3O. The molecule has 0 N–H and O–H groups in total. The van der Waals surface area contributed by atoms with Gasteiger partial charge in [-0.05, 0) is 57.6 Å². The molecule has 3 aliphatic rings. The first-order valence-electron chi connectivity index (χ1n) is 8.63. The normalized spacial score (nSPS) is 27.2. The van der Waals surface area contributed by atoms with E-state index in [2.05, 4.69) is 46.9 Å². The molecule has 3 heterocycles. The third-order valence-corrected chi connectivity index (χ3v) is 5.57. The molecule has 120 valence electrons. The number of ether oxygens (including phenoxy) is 1. The fraction of sp³-hybridized carbons (Fsp3) is 0.667. The van der Waals surface area contributed by atoms with Crippen molar-refractivity contribution in [1.29, 1.82) is 0 Å². The van der Waals surface area contributed by atoms with Crippen molar-refractivity contribution in [2.75, 3.05) is 51.3 Å². The van der Waals surface area contributed by atoms with Crippen LogP contribution in [-0.2, 0) is 0 Å². The minimum Gasteiger partial charge on any atom is -0.489 e. The Morgan fingerprint density at radius 3 is 2.68 bits per heavy atom. The van der Waals surface area contributed by atoms with Crippen molar-refractivity contribution in [3.63, 3.8) is 0 Å². The van der Waals surface area contributed by atoms with Gasteiger partial charge in [-0.3, -0.25) is 4.90 Å². The summed E-state index contributed by atoms with van der Waals surface area (Å²) in [5.41, 5.74) is 2.58. The number of anilines is 1. The molecule has 4 rings (SSSR count). The number of piperidine rings is 1. The van der Waals surface area contributed by atoms with Gasteiger partial charge in [0.05, 0.1) is 11.7 Å². The lowest BCUT2D eigenvalue weighted by Crippen LogP contribution is -2.60. The molecule has 0 saturated carbocycles. The summed E-state index contributed by atoms with van der Waals surface area (Å²) in [7, 11) is 2.24. The molecule has 1 aromatic carbocycles. The van der Waals surface area contributed by atoms with Crippen LogP contribution in [0.4, 0.5) is 5.69 Å². The Morgan fingerprint density at radius 1 is 1.05 bits per heavy atom. The Hall–Kier alpha value is -1.26. The van der Waals surface area contributed by atoms with Crippen molar-refractivity contribution in [2.24, 2.45) is 0 Å². The largest absolute Gasteiger partial charge is 0.489 e. The highest BCUT2D eigenvalue weighted by Crippen LogP contribution is 2.36. The van der Waals surface area contributed by atoms with Gasteiger partial charge in [0.25, 0.3) is 0 Å². The average Bonchev–Trinajstić information content (AvgIpc) is 2.54. The number of benzene rings is 1. The molecule has 3 aliphatic heterocycles. The van der Waals surface area contributed by atoms with Gasteiger partial charge in [-0.15, -0.1) is 0 Å². The number of hydrogen-bond donors (Lipinski definition) is 0. The van der Waals surface area contributed by atoms with E-state index in [1.807, 2.05) is 0 Å². The predicted octanol–water partition coefficient (Wildman–Crippen LogP) is 1.97. The smallest absolute Gasteiger partial charge is 0.142 e. The van der Waals surface area contributed by atoms with Crippen LogP contribution in [0.1, 0.15) is 18.4 Å². The van der Waals surface area contributed by atoms with E-state index in [4.69, 9.17) is 4.74 Å². The molecule has 4 nitrogen and oxygen atoms in total. The summed E-state index contributed by atoms with van der Waals surface area (Å²) in [6.45, 7) is 8.94.